The number of ether oxygens (including phenoxy) is 1. The van der Waals surface area contributed by atoms with Gasteiger partial charge in [0.15, 0.2) is 12.5 Å². The normalized spacial score (nSPS) is 33.6. The van der Waals surface area contributed by atoms with Gasteiger partial charge in [-0.1, -0.05) is 0 Å². The fourth-order valence-electron chi connectivity index (χ4n) is 6.17. The number of rotatable bonds is 10. The number of carboxylic acid groups (broad SMARTS) is 1. The Morgan fingerprint density at radius 1 is 1.12 bits per heavy atom. The Bertz CT molecular complexity index is 1190. The van der Waals surface area contributed by atoms with Crippen LogP contribution in [0.25, 0.3) is 0 Å². The van der Waals surface area contributed by atoms with Crippen molar-refractivity contribution in [2.75, 3.05) is 25.4 Å². The molecule has 0 radical (unpaired) electrons. The Morgan fingerprint density at radius 3 is 2.41 bits per heavy atom. The molecule has 4 aliphatic rings. The van der Waals surface area contributed by atoms with Gasteiger partial charge in [0.1, 0.15) is 18.7 Å². The standard InChI is InChI=1S/C23H32N6O11S/c1-22-14-15-23(22,2)19(37)27-21(39)29(15)7-9(6-28(14)20(38)26-18(22)36)40-13(32)5-24-16(33)10(8-41)25-12(31)4-3-11(30)17(34)35/h9-11,14-15,20,30,38,41H,3-8H2,1-2H3,(H,24,33)(H,25,31)(H,26,36)(H,34,35)(H,27,37,39). The maximum atomic E-state index is 12.9. The van der Waals surface area contributed by atoms with Crippen LogP contribution in [0.1, 0.15) is 26.7 Å². The topological polar surface area (TPSA) is 244 Å². The van der Waals surface area contributed by atoms with E-state index in [0.29, 0.717) is 0 Å². The van der Waals surface area contributed by atoms with Gasteiger partial charge in [0.2, 0.25) is 23.6 Å². The molecular weight excluding hydrogens is 568 g/mol. The maximum absolute atomic E-state index is 12.9. The number of nitrogens with zero attached hydrogens (tertiary/aromatic N) is 2. The molecule has 0 aromatic carbocycles. The van der Waals surface area contributed by atoms with E-state index in [2.05, 4.69) is 33.9 Å². The lowest BCUT2D eigenvalue weighted by Gasteiger charge is -2.71. The number of hydrogen-bond acceptors (Lipinski definition) is 12. The maximum Gasteiger partial charge on any atom is 0.332 e. The lowest BCUT2D eigenvalue weighted by atomic mass is 9.42. The summed E-state index contributed by atoms with van der Waals surface area (Å²) in [6.07, 6.45) is -4.94. The van der Waals surface area contributed by atoms with E-state index >= 15 is 0 Å². The molecule has 0 spiro atoms. The number of amides is 6. The van der Waals surface area contributed by atoms with Crippen LogP contribution in [0.3, 0.4) is 0 Å². The van der Waals surface area contributed by atoms with Crippen molar-refractivity contribution in [1.82, 2.24) is 31.1 Å². The molecule has 3 saturated heterocycles. The van der Waals surface area contributed by atoms with Crippen molar-refractivity contribution in [2.24, 2.45) is 10.8 Å². The Kier molecular flexibility index (Phi) is 8.23. The minimum Gasteiger partial charge on any atom is -0.479 e. The first-order valence-corrected chi connectivity index (χ1v) is 13.4. The van der Waals surface area contributed by atoms with Crippen LogP contribution in [0.4, 0.5) is 4.79 Å². The molecule has 3 aliphatic heterocycles. The third-order valence-electron chi connectivity index (χ3n) is 8.54. The summed E-state index contributed by atoms with van der Waals surface area (Å²) in [5.74, 6) is -5.19. The second kappa shape index (κ2) is 11.1. The summed E-state index contributed by atoms with van der Waals surface area (Å²) < 4.78 is 5.51. The average Bonchev–Trinajstić information content (AvgIpc) is 3.08. The molecule has 18 heteroatoms. The molecule has 17 nitrogen and oxygen atoms in total. The zero-order valence-corrected chi connectivity index (χ0v) is 23.1. The molecule has 3 heterocycles. The predicted octanol–water partition coefficient (Wildman–Crippen LogP) is -4.31. The Morgan fingerprint density at radius 2 is 1.78 bits per heavy atom. The van der Waals surface area contributed by atoms with Crippen molar-refractivity contribution in [1.29, 1.82) is 0 Å². The summed E-state index contributed by atoms with van der Waals surface area (Å²) in [7, 11) is 0. The number of carbonyl (C=O) groups excluding carboxylic acids is 6. The second-order valence-electron chi connectivity index (χ2n) is 10.8. The number of aliphatic carboxylic acids is 1. The summed E-state index contributed by atoms with van der Waals surface area (Å²) in [5, 5.41) is 37.9. The number of aliphatic hydroxyl groups is 2. The fourth-order valence-corrected chi connectivity index (χ4v) is 6.43. The molecule has 0 bridgehead atoms. The minimum absolute atomic E-state index is 0.0938. The molecule has 226 valence electrons. The van der Waals surface area contributed by atoms with Gasteiger partial charge in [0.05, 0.1) is 29.5 Å². The number of nitrogens with one attached hydrogen (secondary N) is 4. The van der Waals surface area contributed by atoms with Gasteiger partial charge in [-0.2, -0.15) is 12.6 Å². The number of thiol groups is 1. The fraction of sp³-hybridized carbons (Fsp3) is 0.696. The van der Waals surface area contributed by atoms with Crippen LogP contribution in [0, 0.1) is 10.8 Å². The van der Waals surface area contributed by atoms with Crippen LogP contribution in [-0.2, 0) is 33.5 Å². The van der Waals surface area contributed by atoms with Crippen molar-refractivity contribution in [3.8, 4) is 0 Å². The van der Waals surface area contributed by atoms with Crippen molar-refractivity contribution < 1.29 is 53.6 Å². The monoisotopic (exact) mass is 600 g/mol. The molecule has 41 heavy (non-hydrogen) atoms. The molecule has 0 aromatic rings. The van der Waals surface area contributed by atoms with Gasteiger partial charge in [-0.15, -0.1) is 0 Å². The number of carbonyl (C=O) groups is 7. The van der Waals surface area contributed by atoms with E-state index in [-0.39, 0.29) is 31.7 Å². The highest BCUT2D eigenvalue weighted by Crippen LogP contribution is 2.63. The molecule has 6 amide bonds. The van der Waals surface area contributed by atoms with Crippen LogP contribution in [0.5, 0.6) is 0 Å². The third-order valence-corrected chi connectivity index (χ3v) is 8.90. The van der Waals surface area contributed by atoms with E-state index in [4.69, 9.17) is 9.84 Å². The van der Waals surface area contributed by atoms with Crippen LogP contribution in [-0.4, -0.2) is 129 Å². The number of imide groups is 1. The zero-order valence-electron chi connectivity index (χ0n) is 22.2. The van der Waals surface area contributed by atoms with E-state index in [1.807, 2.05) is 0 Å². The zero-order chi connectivity index (χ0) is 30.4. The number of fused-ring (bicyclic) bond motifs is 1. The minimum atomic E-state index is -1.74. The summed E-state index contributed by atoms with van der Waals surface area (Å²) in [4.78, 5) is 89.3. The van der Waals surface area contributed by atoms with E-state index in [0.717, 1.165) is 0 Å². The summed E-state index contributed by atoms with van der Waals surface area (Å²) >= 11 is 4.00. The molecule has 4 fully saturated rings. The lowest BCUT2D eigenvalue weighted by Crippen LogP contribution is -2.91. The number of aliphatic hydroxyl groups excluding tert-OH is 2. The van der Waals surface area contributed by atoms with Gasteiger partial charge in [-0.25, -0.2) is 9.59 Å². The second-order valence-corrected chi connectivity index (χ2v) is 11.1. The number of carboxylic acids is 1. The molecule has 4 rings (SSSR count). The summed E-state index contributed by atoms with van der Waals surface area (Å²) in [6.45, 7) is 2.29. The number of urea groups is 1. The van der Waals surface area contributed by atoms with Crippen LogP contribution >= 0.6 is 12.6 Å². The highest BCUT2D eigenvalue weighted by Gasteiger charge is 2.81. The van der Waals surface area contributed by atoms with E-state index < -0.39 is 95.7 Å². The van der Waals surface area contributed by atoms with Crippen molar-refractivity contribution in [2.45, 2.75) is 63.4 Å². The lowest BCUT2D eigenvalue weighted by molar-refractivity contribution is -0.245. The van der Waals surface area contributed by atoms with Crippen LogP contribution < -0.4 is 21.3 Å². The number of esters is 1. The Hall–Kier alpha value is -3.48. The Labute approximate surface area is 238 Å². The van der Waals surface area contributed by atoms with Crippen LogP contribution in [0.15, 0.2) is 0 Å². The molecule has 0 aromatic heterocycles. The van der Waals surface area contributed by atoms with Gasteiger partial charge >= 0.3 is 18.0 Å². The van der Waals surface area contributed by atoms with E-state index in [1.54, 1.807) is 13.8 Å². The first-order valence-electron chi connectivity index (χ1n) is 12.8. The van der Waals surface area contributed by atoms with Gasteiger partial charge in [-0.3, -0.25) is 34.2 Å². The highest BCUT2D eigenvalue weighted by molar-refractivity contribution is 7.80. The van der Waals surface area contributed by atoms with Gasteiger partial charge in [-0.05, 0) is 20.3 Å². The molecule has 1 saturated carbocycles. The van der Waals surface area contributed by atoms with Crippen molar-refractivity contribution in [3.05, 3.63) is 0 Å². The molecule has 1 aliphatic carbocycles. The molecule has 7 N–H and O–H groups in total. The smallest absolute Gasteiger partial charge is 0.332 e. The summed E-state index contributed by atoms with van der Waals surface area (Å²) in [6, 6.07) is -3.40. The molecule has 8 unspecified atom stereocenters. The SMILES string of the molecule is CC12C(=O)NC(=O)N3CC(OC(=O)CNC(=O)C(CS)NC(=O)CCC(O)C(=O)O)CN4C(O)NC(=O)C1(C)C4C32. The summed E-state index contributed by atoms with van der Waals surface area (Å²) in [5.41, 5.74) is -2.59. The average molecular weight is 601 g/mol. The predicted molar refractivity (Wildman–Crippen MR) is 136 cm³/mol. The first kappa shape index (κ1) is 30.5. The highest BCUT2D eigenvalue weighted by atomic mass is 32.1. The molecular formula is C23H32N6O11S. The van der Waals surface area contributed by atoms with E-state index in [1.165, 1.54) is 9.80 Å². The van der Waals surface area contributed by atoms with Crippen molar-refractivity contribution >= 4 is 54.2 Å². The molecule has 8 atom stereocenters. The Balaban J connectivity index is 1.38. The largest absolute Gasteiger partial charge is 0.479 e. The third kappa shape index (κ3) is 4.98. The quantitative estimate of drug-likeness (QED) is 0.0877. The number of hydrogen-bond donors (Lipinski definition) is 8. The van der Waals surface area contributed by atoms with Gasteiger partial charge in [0, 0.05) is 18.7 Å². The van der Waals surface area contributed by atoms with Crippen molar-refractivity contribution in [3.63, 3.8) is 0 Å². The first-order chi connectivity index (χ1) is 19.2. The van der Waals surface area contributed by atoms with Crippen LogP contribution in [0.2, 0.25) is 0 Å². The van der Waals surface area contributed by atoms with Gasteiger partial charge in [0.25, 0.3) is 0 Å². The van der Waals surface area contributed by atoms with E-state index in [9.17, 15) is 43.8 Å². The van der Waals surface area contributed by atoms with Gasteiger partial charge < -0.3 is 40.9 Å².